The second-order valence-electron chi connectivity index (χ2n) is 4.22. The van der Waals surface area contributed by atoms with Crippen LogP contribution in [0.5, 0.6) is 11.5 Å². The highest BCUT2D eigenvalue weighted by atomic mass is 32.2. The maximum atomic E-state index is 12.4. The smallest absolute Gasteiger partial charge is 0.265 e. The average molecular weight is 297 g/mol. The minimum absolute atomic E-state index is 0.00463. The molecule has 3 N–H and O–H groups in total. The van der Waals surface area contributed by atoms with E-state index in [1.54, 1.807) is 26.0 Å². The molecule has 1 aromatic carbocycles. The zero-order valence-corrected chi connectivity index (χ0v) is 12.1. The van der Waals surface area contributed by atoms with E-state index in [-0.39, 0.29) is 22.1 Å². The van der Waals surface area contributed by atoms with E-state index in [0.717, 1.165) is 0 Å². The minimum atomic E-state index is -3.87. The van der Waals surface area contributed by atoms with Gasteiger partial charge < -0.3 is 9.84 Å². The van der Waals surface area contributed by atoms with Crippen molar-refractivity contribution in [1.82, 2.24) is 10.2 Å². The second kappa shape index (κ2) is 5.04. The second-order valence-corrected chi connectivity index (χ2v) is 5.84. The van der Waals surface area contributed by atoms with Crippen molar-refractivity contribution in [1.29, 1.82) is 0 Å². The largest absolute Gasteiger partial charge is 0.506 e. The molecular formula is C12H15N3O4S. The van der Waals surface area contributed by atoms with Gasteiger partial charge in [0.15, 0.2) is 0 Å². The highest BCUT2D eigenvalue weighted by Crippen LogP contribution is 2.35. The maximum Gasteiger partial charge on any atom is 0.265 e. The van der Waals surface area contributed by atoms with Gasteiger partial charge in [-0.15, -0.1) is 0 Å². The van der Waals surface area contributed by atoms with Crippen molar-refractivity contribution in [3.8, 4) is 11.5 Å². The third-order valence-electron chi connectivity index (χ3n) is 2.79. The number of sulfonamides is 1. The Hall–Kier alpha value is -2.22. The quantitative estimate of drug-likeness (QED) is 0.743. The van der Waals surface area contributed by atoms with E-state index in [1.165, 1.54) is 13.2 Å². The molecule has 2 rings (SSSR count). The average Bonchev–Trinajstić information content (AvgIpc) is 2.72. The molecule has 8 heteroatoms. The number of hydrogen-bond donors (Lipinski definition) is 3. The zero-order valence-electron chi connectivity index (χ0n) is 11.3. The van der Waals surface area contributed by atoms with Gasteiger partial charge in [0, 0.05) is 0 Å². The highest BCUT2D eigenvalue weighted by Gasteiger charge is 2.24. The summed E-state index contributed by atoms with van der Waals surface area (Å²) in [6.45, 7) is 3.19. The summed E-state index contributed by atoms with van der Waals surface area (Å²) in [6, 6.07) is 4.47. The van der Waals surface area contributed by atoms with Crippen LogP contribution in [0.25, 0.3) is 0 Å². The lowest BCUT2D eigenvalue weighted by atomic mass is 10.3. The first-order chi connectivity index (χ1) is 9.36. The zero-order chi connectivity index (χ0) is 14.9. The standard InChI is InChI=1S/C12H15N3O4S/c1-7-12(8(2)14-13-7)20(17,18)15-11-9(16)5-4-6-10(11)19-3/h4-6,15-16H,1-3H3,(H,13,14). The van der Waals surface area contributed by atoms with Crippen LogP contribution in [0.4, 0.5) is 5.69 Å². The van der Waals surface area contributed by atoms with Crippen LogP contribution in [0.1, 0.15) is 11.4 Å². The van der Waals surface area contributed by atoms with Gasteiger partial charge >= 0.3 is 0 Å². The molecule has 7 nitrogen and oxygen atoms in total. The Kier molecular flexibility index (Phi) is 3.58. The van der Waals surface area contributed by atoms with Gasteiger partial charge in [0.25, 0.3) is 10.0 Å². The minimum Gasteiger partial charge on any atom is -0.506 e. The van der Waals surface area contributed by atoms with Gasteiger partial charge in [-0.05, 0) is 26.0 Å². The van der Waals surface area contributed by atoms with Crippen molar-refractivity contribution in [3.05, 3.63) is 29.6 Å². The van der Waals surface area contributed by atoms with Gasteiger partial charge in [-0.2, -0.15) is 5.10 Å². The van der Waals surface area contributed by atoms with Crippen molar-refractivity contribution in [2.75, 3.05) is 11.8 Å². The molecule has 0 fully saturated rings. The van der Waals surface area contributed by atoms with Crippen molar-refractivity contribution in [2.24, 2.45) is 0 Å². The maximum absolute atomic E-state index is 12.4. The Bertz CT molecular complexity index is 718. The number of H-pyrrole nitrogens is 1. The predicted octanol–water partition coefficient (Wildman–Crippen LogP) is 1.54. The van der Waals surface area contributed by atoms with Crippen LogP contribution in [0.3, 0.4) is 0 Å². The number of phenols is 1. The number of methoxy groups -OCH3 is 1. The molecule has 0 amide bonds. The van der Waals surface area contributed by atoms with E-state index < -0.39 is 10.0 Å². The van der Waals surface area contributed by atoms with Crippen LogP contribution in [0, 0.1) is 13.8 Å². The van der Waals surface area contributed by atoms with Crippen LogP contribution in [0.15, 0.2) is 23.1 Å². The van der Waals surface area contributed by atoms with Gasteiger partial charge in [-0.25, -0.2) is 8.42 Å². The summed E-state index contributed by atoms with van der Waals surface area (Å²) in [6.07, 6.45) is 0. The Balaban J connectivity index is 2.50. The molecule has 108 valence electrons. The molecule has 1 aromatic heterocycles. The summed E-state index contributed by atoms with van der Waals surface area (Å²) in [5.74, 6) is 0.0131. The Morgan fingerprint density at radius 3 is 2.60 bits per heavy atom. The molecule has 0 atom stereocenters. The number of aromatic nitrogens is 2. The van der Waals surface area contributed by atoms with E-state index in [9.17, 15) is 13.5 Å². The predicted molar refractivity (Wildman–Crippen MR) is 73.5 cm³/mol. The number of anilines is 1. The van der Waals surface area contributed by atoms with Gasteiger partial charge in [0.1, 0.15) is 22.1 Å². The Morgan fingerprint density at radius 1 is 1.35 bits per heavy atom. The number of phenolic OH excluding ortho intramolecular Hbond substituents is 1. The third kappa shape index (κ3) is 2.42. The molecule has 0 unspecified atom stereocenters. The molecule has 0 aliphatic heterocycles. The van der Waals surface area contributed by atoms with Gasteiger partial charge in [0.05, 0.1) is 18.5 Å². The van der Waals surface area contributed by atoms with E-state index in [1.807, 2.05) is 0 Å². The molecule has 2 aromatic rings. The molecule has 0 saturated carbocycles. The normalized spacial score (nSPS) is 11.3. The SMILES string of the molecule is COc1cccc(O)c1NS(=O)(=O)c1c(C)n[nH]c1C. The lowest BCUT2D eigenvalue weighted by Gasteiger charge is -2.13. The number of benzene rings is 1. The van der Waals surface area contributed by atoms with Gasteiger partial charge in [0.2, 0.25) is 0 Å². The molecular weight excluding hydrogens is 282 g/mol. The number of hydrogen-bond acceptors (Lipinski definition) is 5. The first-order valence-electron chi connectivity index (χ1n) is 5.77. The number of aryl methyl sites for hydroxylation is 2. The number of para-hydroxylation sites is 1. The number of rotatable bonds is 4. The van der Waals surface area contributed by atoms with Crippen LogP contribution in [0.2, 0.25) is 0 Å². The molecule has 0 saturated heterocycles. The van der Waals surface area contributed by atoms with Crippen molar-refractivity contribution >= 4 is 15.7 Å². The number of aromatic hydroxyl groups is 1. The molecule has 1 heterocycles. The van der Waals surface area contributed by atoms with E-state index in [2.05, 4.69) is 14.9 Å². The summed E-state index contributed by atoms with van der Waals surface area (Å²) in [5.41, 5.74) is 0.767. The summed E-state index contributed by atoms with van der Waals surface area (Å²) in [4.78, 5) is 0.0582. The third-order valence-corrected chi connectivity index (χ3v) is 4.40. The lowest BCUT2D eigenvalue weighted by molar-refractivity contribution is 0.411. The summed E-state index contributed by atoms with van der Waals surface area (Å²) < 4.78 is 32.1. The summed E-state index contributed by atoms with van der Waals surface area (Å²) >= 11 is 0. The Labute approximate surface area is 116 Å². The van der Waals surface area contributed by atoms with Crippen molar-refractivity contribution in [2.45, 2.75) is 18.7 Å². The highest BCUT2D eigenvalue weighted by molar-refractivity contribution is 7.92. The fourth-order valence-electron chi connectivity index (χ4n) is 1.91. The fraction of sp³-hybridized carbons (Fsp3) is 0.250. The van der Waals surface area contributed by atoms with Crippen molar-refractivity contribution in [3.63, 3.8) is 0 Å². The van der Waals surface area contributed by atoms with Crippen LogP contribution in [-0.4, -0.2) is 30.8 Å². The van der Waals surface area contributed by atoms with Crippen molar-refractivity contribution < 1.29 is 18.3 Å². The number of nitrogens with one attached hydrogen (secondary N) is 2. The molecule has 0 aliphatic carbocycles. The molecule has 20 heavy (non-hydrogen) atoms. The fourth-order valence-corrected chi connectivity index (χ4v) is 3.37. The Morgan fingerprint density at radius 2 is 2.05 bits per heavy atom. The molecule has 0 radical (unpaired) electrons. The number of nitrogens with zero attached hydrogens (tertiary/aromatic N) is 1. The number of ether oxygens (including phenoxy) is 1. The van der Waals surface area contributed by atoms with E-state index in [4.69, 9.17) is 4.74 Å². The van der Waals surface area contributed by atoms with Gasteiger partial charge in [-0.3, -0.25) is 9.82 Å². The van der Waals surface area contributed by atoms with Gasteiger partial charge in [-0.1, -0.05) is 6.07 Å². The summed E-state index contributed by atoms with van der Waals surface area (Å²) in [7, 11) is -2.48. The topological polar surface area (TPSA) is 104 Å². The lowest BCUT2D eigenvalue weighted by Crippen LogP contribution is -2.15. The molecule has 0 bridgehead atoms. The van der Waals surface area contributed by atoms with E-state index in [0.29, 0.717) is 11.4 Å². The van der Waals surface area contributed by atoms with Crippen LogP contribution < -0.4 is 9.46 Å². The molecule has 0 spiro atoms. The number of aromatic amines is 1. The first kappa shape index (κ1) is 14.2. The van der Waals surface area contributed by atoms with E-state index >= 15 is 0 Å². The van der Waals surface area contributed by atoms with Crippen LogP contribution in [-0.2, 0) is 10.0 Å². The molecule has 0 aliphatic rings. The first-order valence-corrected chi connectivity index (χ1v) is 7.25. The van der Waals surface area contributed by atoms with Crippen LogP contribution >= 0.6 is 0 Å². The summed E-state index contributed by atoms with van der Waals surface area (Å²) in [5, 5.41) is 16.3. The monoisotopic (exact) mass is 297 g/mol.